The van der Waals surface area contributed by atoms with Crippen molar-refractivity contribution in [2.45, 2.75) is 84.0 Å². The molecule has 0 amide bonds. The minimum absolute atomic E-state index is 0.110. The molecule has 0 aliphatic heterocycles. The van der Waals surface area contributed by atoms with Gasteiger partial charge in [0.15, 0.2) is 0 Å². The van der Waals surface area contributed by atoms with E-state index in [0.29, 0.717) is 5.92 Å². The highest BCUT2D eigenvalue weighted by Gasteiger charge is 2.32. The zero-order valence-electron chi connectivity index (χ0n) is 15.6. The lowest BCUT2D eigenvalue weighted by Gasteiger charge is -2.39. The molecule has 0 unspecified atom stereocenters. The molecule has 2 saturated carbocycles. The maximum atomic E-state index is 13.1. The molecule has 0 heterocycles. The predicted octanol–water partition coefficient (Wildman–Crippen LogP) is 7.34. The molecule has 1 atom stereocenters. The van der Waals surface area contributed by atoms with Crippen molar-refractivity contribution in [1.29, 1.82) is 0 Å². The quantitative estimate of drug-likeness (QED) is 0.529. The van der Waals surface area contributed by atoms with Crippen molar-refractivity contribution in [2.75, 3.05) is 0 Å². The van der Waals surface area contributed by atoms with Crippen LogP contribution in [-0.2, 0) is 0 Å². The first-order valence-corrected chi connectivity index (χ1v) is 10.4. The lowest BCUT2D eigenvalue weighted by atomic mass is 9.66. The van der Waals surface area contributed by atoms with Crippen LogP contribution in [0.2, 0.25) is 0 Å². The van der Waals surface area contributed by atoms with Gasteiger partial charge in [0, 0.05) is 0 Å². The van der Waals surface area contributed by atoms with E-state index < -0.39 is 0 Å². The molecule has 2 fully saturated rings. The lowest BCUT2D eigenvalue weighted by molar-refractivity contribution is 0.136. The number of hydrogen-bond acceptors (Lipinski definition) is 0. The van der Waals surface area contributed by atoms with E-state index in [9.17, 15) is 4.39 Å². The fraction of sp³-hybridized carbons (Fsp3) is 0.739. The van der Waals surface area contributed by atoms with Gasteiger partial charge in [0.2, 0.25) is 0 Å². The van der Waals surface area contributed by atoms with Crippen LogP contribution in [-0.4, -0.2) is 0 Å². The first-order chi connectivity index (χ1) is 11.7. The van der Waals surface area contributed by atoms with Crippen molar-refractivity contribution >= 4 is 0 Å². The molecular formula is C23H35F. The average Bonchev–Trinajstić information content (AvgIpc) is 2.63. The minimum atomic E-state index is -0.110. The summed E-state index contributed by atoms with van der Waals surface area (Å²) in [5.41, 5.74) is 1.35. The van der Waals surface area contributed by atoms with E-state index in [0.717, 1.165) is 23.7 Å². The van der Waals surface area contributed by atoms with Crippen molar-refractivity contribution in [2.24, 2.45) is 23.7 Å². The summed E-state index contributed by atoms with van der Waals surface area (Å²) in [5, 5.41) is 0. The van der Waals surface area contributed by atoms with Crippen molar-refractivity contribution in [1.82, 2.24) is 0 Å². The summed E-state index contributed by atoms with van der Waals surface area (Å²) in [7, 11) is 0. The summed E-state index contributed by atoms with van der Waals surface area (Å²) in [5.74, 6) is 4.44. The molecule has 24 heavy (non-hydrogen) atoms. The number of benzene rings is 1. The third-order valence-corrected chi connectivity index (χ3v) is 7.15. The fourth-order valence-electron chi connectivity index (χ4n) is 5.54. The first kappa shape index (κ1) is 18.0. The highest BCUT2D eigenvalue weighted by atomic mass is 19.1. The van der Waals surface area contributed by atoms with Crippen LogP contribution in [0.25, 0.3) is 0 Å². The Hall–Kier alpha value is -0.850. The number of rotatable bonds is 5. The van der Waals surface area contributed by atoms with E-state index in [1.54, 1.807) is 12.1 Å². The van der Waals surface area contributed by atoms with Gasteiger partial charge in [-0.25, -0.2) is 4.39 Å². The Bertz CT molecular complexity index is 475. The minimum Gasteiger partial charge on any atom is -0.207 e. The monoisotopic (exact) mass is 330 g/mol. The topological polar surface area (TPSA) is 0 Å². The molecule has 0 radical (unpaired) electrons. The van der Waals surface area contributed by atoms with Crippen LogP contribution < -0.4 is 0 Å². The molecule has 0 nitrogen and oxygen atoms in total. The van der Waals surface area contributed by atoms with Crippen LogP contribution in [0.15, 0.2) is 24.3 Å². The Morgan fingerprint density at radius 2 is 1.42 bits per heavy atom. The van der Waals surface area contributed by atoms with Crippen LogP contribution >= 0.6 is 0 Å². The largest absolute Gasteiger partial charge is 0.207 e. The second-order valence-electron chi connectivity index (χ2n) is 8.60. The molecule has 134 valence electrons. The standard InChI is InChI=1S/C23H35F/c1-3-4-17(2)18-5-7-19(8-6-18)20-9-11-21(12-10-20)22-13-15-23(24)16-14-22/h13-21H,3-12H2,1-2H3/t17-,18?,19?,20?,21?/m1/s1. The van der Waals surface area contributed by atoms with Crippen molar-refractivity contribution < 1.29 is 4.39 Å². The first-order valence-electron chi connectivity index (χ1n) is 10.4. The molecule has 1 aromatic carbocycles. The maximum absolute atomic E-state index is 13.1. The van der Waals surface area contributed by atoms with Gasteiger partial charge in [-0.15, -0.1) is 0 Å². The van der Waals surface area contributed by atoms with Gasteiger partial charge < -0.3 is 0 Å². The highest BCUT2D eigenvalue weighted by Crippen LogP contribution is 2.45. The van der Waals surface area contributed by atoms with Crippen LogP contribution in [0.1, 0.15) is 89.5 Å². The molecule has 2 aliphatic rings. The van der Waals surface area contributed by atoms with E-state index >= 15 is 0 Å². The van der Waals surface area contributed by atoms with E-state index in [4.69, 9.17) is 0 Å². The Morgan fingerprint density at radius 3 is 1.96 bits per heavy atom. The molecule has 3 rings (SSSR count). The lowest BCUT2D eigenvalue weighted by Crippen LogP contribution is -2.27. The van der Waals surface area contributed by atoms with Gasteiger partial charge in [-0.3, -0.25) is 0 Å². The van der Waals surface area contributed by atoms with Gasteiger partial charge in [-0.05, 0) is 98.7 Å². The van der Waals surface area contributed by atoms with E-state index in [2.05, 4.69) is 13.8 Å². The number of hydrogen-bond donors (Lipinski definition) is 0. The summed E-state index contributed by atoms with van der Waals surface area (Å²) in [6, 6.07) is 7.25. The normalized spacial score (nSPS) is 32.5. The second-order valence-corrected chi connectivity index (χ2v) is 8.60. The van der Waals surface area contributed by atoms with Crippen LogP contribution in [0, 0.1) is 29.5 Å². The van der Waals surface area contributed by atoms with Gasteiger partial charge in [0.05, 0.1) is 0 Å². The number of halogens is 1. The van der Waals surface area contributed by atoms with Gasteiger partial charge in [0.1, 0.15) is 5.82 Å². The van der Waals surface area contributed by atoms with E-state index in [-0.39, 0.29) is 5.82 Å². The molecule has 0 aromatic heterocycles. The molecule has 0 N–H and O–H groups in total. The zero-order valence-corrected chi connectivity index (χ0v) is 15.6. The summed E-state index contributed by atoms with van der Waals surface area (Å²) in [4.78, 5) is 0. The predicted molar refractivity (Wildman–Crippen MR) is 101 cm³/mol. The summed E-state index contributed by atoms with van der Waals surface area (Å²) in [6.45, 7) is 4.80. The molecule has 2 aliphatic carbocycles. The zero-order chi connectivity index (χ0) is 16.9. The third kappa shape index (κ3) is 4.41. The smallest absolute Gasteiger partial charge is 0.123 e. The van der Waals surface area contributed by atoms with Crippen LogP contribution in [0.5, 0.6) is 0 Å². The van der Waals surface area contributed by atoms with Gasteiger partial charge >= 0.3 is 0 Å². The Labute approximate surface area is 148 Å². The van der Waals surface area contributed by atoms with Crippen molar-refractivity contribution in [3.63, 3.8) is 0 Å². The third-order valence-electron chi connectivity index (χ3n) is 7.15. The molecule has 0 spiro atoms. The highest BCUT2D eigenvalue weighted by molar-refractivity contribution is 5.20. The Balaban J connectivity index is 1.45. The second kappa shape index (κ2) is 8.50. The van der Waals surface area contributed by atoms with E-state index in [1.165, 1.54) is 69.8 Å². The average molecular weight is 331 g/mol. The fourth-order valence-corrected chi connectivity index (χ4v) is 5.54. The van der Waals surface area contributed by atoms with Gasteiger partial charge in [0.25, 0.3) is 0 Å². The summed E-state index contributed by atoms with van der Waals surface area (Å²) < 4.78 is 13.1. The molecule has 1 heteroatoms. The Morgan fingerprint density at radius 1 is 0.875 bits per heavy atom. The van der Waals surface area contributed by atoms with Crippen molar-refractivity contribution in [3.05, 3.63) is 35.6 Å². The van der Waals surface area contributed by atoms with Crippen LogP contribution in [0.3, 0.4) is 0 Å². The SMILES string of the molecule is CCC[C@@H](C)C1CCC(C2CCC(c3ccc(F)cc3)CC2)CC1. The van der Waals surface area contributed by atoms with E-state index in [1.807, 2.05) is 12.1 Å². The summed E-state index contributed by atoms with van der Waals surface area (Å²) >= 11 is 0. The maximum Gasteiger partial charge on any atom is 0.123 e. The molecule has 0 bridgehead atoms. The van der Waals surface area contributed by atoms with Gasteiger partial charge in [-0.1, -0.05) is 38.8 Å². The Kier molecular flexibility index (Phi) is 6.36. The summed E-state index contributed by atoms with van der Waals surface area (Å²) in [6.07, 6.45) is 14.1. The molecule has 1 aromatic rings. The van der Waals surface area contributed by atoms with Crippen LogP contribution in [0.4, 0.5) is 4.39 Å². The van der Waals surface area contributed by atoms with Crippen molar-refractivity contribution in [3.8, 4) is 0 Å². The molecule has 0 saturated heterocycles. The van der Waals surface area contributed by atoms with Gasteiger partial charge in [-0.2, -0.15) is 0 Å². The molecular weight excluding hydrogens is 295 g/mol.